The van der Waals surface area contributed by atoms with E-state index in [2.05, 4.69) is 31.2 Å². The molecule has 4 amide bonds. The minimum Gasteiger partial charge on any atom is -0.430 e. The first kappa shape index (κ1) is 68.0. The lowest BCUT2D eigenvalue weighted by Gasteiger charge is -2.35. The second kappa shape index (κ2) is 28.9. The van der Waals surface area contributed by atoms with Crippen LogP contribution in [0.1, 0.15) is 128 Å². The average molecular weight is 1310 g/mol. The number of fused-ring (bicyclic) bond motifs is 2. The Bertz CT molecular complexity index is 3730. The molecule has 1 saturated heterocycles. The Morgan fingerprint density at radius 3 is 2.26 bits per heavy atom. The molecule has 6 atom stereocenters. The molecule has 27 heteroatoms. The zero-order chi connectivity index (χ0) is 64.7. The molecule has 4 N–H and O–H groups in total. The number of hydrogen-bond acceptors (Lipinski definition) is 18. The first-order valence-electron chi connectivity index (χ1n) is 29.8. The van der Waals surface area contributed by atoms with Crippen molar-refractivity contribution < 1.29 is 59.1 Å². The number of likely N-dealkylation sites (tertiary alicyclic amines) is 1. The maximum absolute atomic E-state index is 15.4. The number of hydrogen-bond donors (Lipinski definition) is 4. The summed E-state index contributed by atoms with van der Waals surface area (Å²) < 4.78 is 92.1. The van der Waals surface area contributed by atoms with Crippen molar-refractivity contribution in [3.63, 3.8) is 0 Å². The van der Waals surface area contributed by atoms with E-state index in [0.717, 1.165) is 78.9 Å². The van der Waals surface area contributed by atoms with Gasteiger partial charge >= 0.3 is 6.16 Å². The van der Waals surface area contributed by atoms with Crippen LogP contribution in [0.25, 0.3) is 21.7 Å². The van der Waals surface area contributed by atoms with Crippen LogP contribution in [0.5, 0.6) is 0 Å². The molecule has 3 aromatic heterocycles. The highest BCUT2D eigenvalue weighted by atomic mass is 33.1. The summed E-state index contributed by atoms with van der Waals surface area (Å²) in [6.07, 6.45) is 9.73. The predicted octanol–water partition coefficient (Wildman–Crippen LogP) is 7.85. The van der Waals surface area contributed by atoms with E-state index >= 15 is 4.39 Å². The third kappa shape index (κ3) is 17.1. The lowest BCUT2D eigenvalue weighted by Crippen LogP contribution is -2.57. The van der Waals surface area contributed by atoms with Gasteiger partial charge in [0.05, 0.1) is 62.7 Å². The SMILES string of the molecule is Cc1ncsc1-c1ccc(CNC(=O)[C@@H]2C[C@@H](OC(=O)OC(C)C(C)SS(C)(=O)=O)CN2C(=O)[C@@H](NC(=O)CCCCCCCCCCNC(=O)C2=C(CS(C)(=O)=O)c3ccn(C)c(=O)c3C3=C4C2=CN(c2ncc(F)cc2F)C4CCN3)C(C)(C)C)cc1. The summed E-state index contributed by atoms with van der Waals surface area (Å²) in [7, 11) is -5.04. The van der Waals surface area contributed by atoms with Crippen molar-refractivity contribution in [2.75, 3.05) is 42.8 Å². The van der Waals surface area contributed by atoms with Crippen molar-refractivity contribution in [2.24, 2.45) is 12.5 Å². The van der Waals surface area contributed by atoms with Crippen molar-refractivity contribution in [1.29, 1.82) is 0 Å². The third-order valence-electron chi connectivity index (χ3n) is 16.1. The number of nitrogens with zero attached hydrogens (tertiary/aromatic N) is 5. The summed E-state index contributed by atoms with van der Waals surface area (Å²) >= 11 is 1.53. The number of rotatable bonds is 26. The molecule has 0 saturated carbocycles. The number of aryl methyl sites for hydroxylation is 2. The second-order valence-corrected chi connectivity index (χ2v) is 32.0. The van der Waals surface area contributed by atoms with Crippen LogP contribution in [0.2, 0.25) is 0 Å². The largest absolute Gasteiger partial charge is 0.508 e. The van der Waals surface area contributed by atoms with E-state index < -0.39 is 107 Å². The molecule has 1 aliphatic carbocycles. The summed E-state index contributed by atoms with van der Waals surface area (Å²) in [6.45, 7) is 11.1. The van der Waals surface area contributed by atoms with E-state index in [-0.39, 0.29) is 60.9 Å². The number of anilines is 1. The van der Waals surface area contributed by atoms with Gasteiger partial charge in [-0.3, -0.25) is 24.0 Å². The number of nitrogens with one attached hydrogen (secondary N) is 4. The number of thiazole rings is 1. The van der Waals surface area contributed by atoms with Crippen LogP contribution in [-0.2, 0) is 61.0 Å². The number of benzene rings is 1. The van der Waals surface area contributed by atoms with Gasteiger partial charge in [0.25, 0.3) is 11.5 Å². The minimum absolute atomic E-state index is 0.0344. The van der Waals surface area contributed by atoms with E-state index in [4.69, 9.17) is 9.47 Å². The van der Waals surface area contributed by atoms with Gasteiger partial charge in [-0.2, -0.15) is 0 Å². The summed E-state index contributed by atoms with van der Waals surface area (Å²) in [6, 6.07) is 7.26. The molecule has 1 fully saturated rings. The fourth-order valence-corrected chi connectivity index (χ4v) is 16.1. The number of ether oxygens (including phenoxy) is 2. The van der Waals surface area contributed by atoms with Crippen molar-refractivity contribution >= 4 is 87.7 Å². The number of aromatic nitrogens is 3. The Hall–Kier alpha value is -6.97. The van der Waals surface area contributed by atoms with Crippen LogP contribution in [0.4, 0.5) is 19.4 Å². The number of sulfone groups is 1. The summed E-state index contributed by atoms with van der Waals surface area (Å²) in [4.78, 5) is 96.3. The lowest BCUT2D eigenvalue weighted by atomic mass is 9.85. The van der Waals surface area contributed by atoms with Crippen LogP contribution in [0.15, 0.2) is 82.0 Å². The van der Waals surface area contributed by atoms with E-state index in [1.807, 2.05) is 52.0 Å². The fourth-order valence-electron chi connectivity index (χ4n) is 11.6. The number of amides is 4. The number of carbonyl (C=O) groups is 5. The zero-order valence-corrected chi connectivity index (χ0v) is 54.8. The minimum atomic E-state index is -3.81. The Labute approximate surface area is 526 Å². The molecule has 0 bridgehead atoms. The predicted molar refractivity (Wildman–Crippen MR) is 339 cm³/mol. The van der Waals surface area contributed by atoms with Crippen LogP contribution < -0.4 is 31.7 Å². The summed E-state index contributed by atoms with van der Waals surface area (Å²) in [5.41, 5.74) is 5.10. The lowest BCUT2D eigenvalue weighted by molar-refractivity contribution is -0.144. The van der Waals surface area contributed by atoms with E-state index in [0.29, 0.717) is 65.1 Å². The maximum Gasteiger partial charge on any atom is 0.508 e. The molecule has 0 spiro atoms. The monoisotopic (exact) mass is 1310 g/mol. The van der Waals surface area contributed by atoms with E-state index in [1.54, 1.807) is 32.5 Å². The zero-order valence-electron chi connectivity index (χ0n) is 51.6. The molecule has 8 rings (SSSR count). The fraction of sp³-hybridized carbons (Fsp3) is 0.516. The molecule has 6 heterocycles. The van der Waals surface area contributed by atoms with E-state index in [9.17, 15) is 50.0 Å². The van der Waals surface area contributed by atoms with Gasteiger partial charge in [-0.25, -0.2) is 40.4 Å². The smallest absolute Gasteiger partial charge is 0.430 e. The Morgan fingerprint density at radius 2 is 1.62 bits per heavy atom. The van der Waals surface area contributed by atoms with Gasteiger partial charge in [-0.1, -0.05) is 83.6 Å². The van der Waals surface area contributed by atoms with Crippen LogP contribution in [0.3, 0.4) is 0 Å². The molecule has 4 aromatic rings. The molecule has 0 radical (unpaired) electrons. The quantitative estimate of drug-likeness (QED) is 0.0265. The number of halogens is 2. The second-order valence-electron chi connectivity index (χ2n) is 24.3. The average Bonchev–Trinajstić information content (AvgIpc) is 1.59. The Kier molecular flexibility index (Phi) is 22.1. The first-order chi connectivity index (χ1) is 42.0. The van der Waals surface area contributed by atoms with Crippen molar-refractivity contribution in [2.45, 2.75) is 154 Å². The molecule has 3 unspecified atom stereocenters. The van der Waals surface area contributed by atoms with Gasteiger partial charge < -0.3 is 45.1 Å². The summed E-state index contributed by atoms with van der Waals surface area (Å²) in [5.74, 6) is -4.48. The first-order valence-corrected chi connectivity index (χ1v) is 36.0. The third-order valence-corrected chi connectivity index (χ3v) is 20.9. The molecular formula is C62H79F2N9O12S4. The molecule has 89 heavy (non-hydrogen) atoms. The highest BCUT2D eigenvalue weighted by molar-refractivity contribution is 8.72. The highest BCUT2D eigenvalue weighted by Gasteiger charge is 2.47. The summed E-state index contributed by atoms with van der Waals surface area (Å²) in [5, 5.41) is 11.6. The molecule has 3 aliphatic heterocycles. The molecule has 4 aliphatic rings. The molecular weight excluding hydrogens is 1230 g/mol. The Morgan fingerprint density at radius 1 is 0.933 bits per heavy atom. The molecule has 482 valence electrons. The number of unbranched alkanes of at least 4 members (excludes halogenated alkanes) is 7. The topological polar surface area (TPSA) is 274 Å². The standard InChI is InChI=1S/C62H79F2N9O12S4/c1-36-54(86-35-69-36)40-21-19-39(20-22-40)30-68-57(75)48-29-42(85-61(79)84-37(2)38(3)87-89(9,82)83)32-73(48)60(78)55(62(4,5)6)70-49(74)18-16-14-12-10-11-13-15-17-25-66-58(76)50-44-33-72(56-46(64)28-41(63)31-67-56)47-23-26-65-53(51(44)47)52-43(24-27-71(7)59(52)77)45(50)34-88(8,80)81/h19-22,24,27-28,31,33,35,37-38,42,47-48,55,65H,10-18,23,25-26,29-30,32,34H2,1-9H3,(H,66,76)(H,68,75)(H,70,74)/t37?,38?,42-,47?,48+,55-/m1/s1. The van der Waals surface area contributed by atoms with Gasteiger partial charge in [0.2, 0.25) is 17.7 Å². The van der Waals surface area contributed by atoms with Gasteiger partial charge in [0, 0.05) is 81.6 Å². The van der Waals surface area contributed by atoms with Gasteiger partial charge in [0.15, 0.2) is 30.3 Å². The van der Waals surface area contributed by atoms with Gasteiger partial charge in [-0.15, -0.1) is 11.3 Å². The molecule has 1 aromatic carbocycles. The van der Waals surface area contributed by atoms with Crippen LogP contribution in [0, 0.1) is 24.0 Å². The van der Waals surface area contributed by atoms with E-state index in [1.165, 1.54) is 38.1 Å². The number of pyridine rings is 2. The van der Waals surface area contributed by atoms with Crippen molar-refractivity contribution in [3.8, 4) is 10.4 Å². The number of carbonyl (C=O) groups excluding carboxylic acids is 5. The van der Waals surface area contributed by atoms with Crippen LogP contribution in [-0.4, -0.2) is 140 Å². The Balaban J connectivity index is 0.836. The molecule has 21 nitrogen and oxygen atoms in total. The van der Waals surface area contributed by atoms with Crippen molar-refractivity contribution in [1.82, 2.24) is 40.7 Å². The maximum atomic E-state index is 15.4. The van der Waals surface area contributed by atoms with Gasteiger partial charge in [-0.05, 0) is 84.6 Å². The highest BCUT2D eigenvalue weighted by Crippen LogP contribution is 2.47. The van der Waals surface area contributed by atoms with Crippen LogP contribution >= 0.6 is 22.1 Å². The normalized spacial score (nSPS) is 18.5. The van der Waals surface area contributed by atoms with Crippen molar-refractivity contribution in [3.05, 3.63) is 122 Å². The van der Waals surface area contributed by atoms with Gasteiger partial charge in [0.1, 0.15) is 30.1 Å².